The summed E-state index contributed by atoms with van der Waals surface area (Å²) >= 11 is 0. The third-order valence-corrected chi connectivity index (χ3v) is 1.84. The fourth-order valence-corrected chi connectivity index (χ4v) is 1.13. The maximum absolute atomic E-state index is 10.4. The van der Waals surface area contributed by atoms with Crippen LogP contribution in [0.3, 0.4) is 0 Å². The van der Waals surface area contributed by atoms with Crippen LogP contribution < -0.4 is 4.74 Å². The number of benzene rings is 1. The summed E-state index contributed by atoms with van der Waals surface area (Å²) in [6, 6.07) is 8.44. The van der Waals surface area contributed by atoms with Crippen molar-refractivity contribution in [3.05, 3.63) is 41.7 Å². The SMILES string of the molecule is Cc1cc(Oc2ccc(C=O)cc2)no1. The lowest BCUT2D eigenvalue weighted by Crippen LogP contribution is -1.84. The third-order valence-electron chi connectivity index (χ3n) is 1.84. The molecule has 1 heterocycles. The number of hydrogen-bond acceptors (Lipinski definition) is 4. The Morgan fingerprint density at radius 2 is 2.07 bits per heavy atom. The minimum Gasteiger partial charge on any atom is -0.436 e. The first-order valence-electron chi connectivity index (χ1n) is 4.44. The zero-order valence-electron chi connectivity index (χ0n) is 8.14. The first-order chi connectivity index (χ1) is 7.28. The normalized spacial score (nSPS) is 9.93. The van der Waals surface area contributed by atoms with Gasteiger partial charge in [0.15, 0.2) is 0 Å². The molecule has 0 saturated carbocycles. The summed E-state index contributed by atoms with van der Waals surface area (Å²) in [6.45, 7) is 1.79. The van der Waals surface area contributed by atoms with Gasteiger partial charge in [-0.15, -0.1) is 0 Å². The zero-order chi connectivity index (χ0) is 10.7. The van der Waals surface area contributed by atoms with Gasteiger partial charge < -0.3 is 9.26 Å². The van der Waals surface area contributed by atoms with Crippen molar-refractivity contribution in [2.75, 3.05) is 0 Å². The highest BCUT2D eigenvalue weighted by Crippen LogP contribution is 2.20. The number of aromatic nitrogens is 1. The molecule has 0 atom stereocenters. The van der Waals surface area contributed by atoms with Crippen LogP contribution in [0.5, 0.6) is 11.6 Å². The monoisotopic (exact) mass is 203 g/mol. The van der Waals surface area contributed by atoms with E-state index >= 15 is 0 Å². The van der Waals surface area contributed by atoms with Crippen molar-refractivity contribution >= 4 is 6.29 Å². The number of aryl methyl sites for hydroxylation is 1. The Hall–Kier alpha value is -2.10. The van der Waals surface area contributed by atoms with Crippen LogP contribution in [-0.2, 0) is 0 Å². The van der Waals surface area contributed by atoms with Gasteiger partial charge >= 0.3 is 0 Å². The number of carbonyl (C=O) groups excluding carboxylic acids is 1. The van der Waals surface area contributed by atoms with Crippen molar-refractivity contribution in [1.82, 2.24) is 5.16 Å². The second-order valence-corrected chi connectivity index (χ2v) is 3.06. The summed E-state index contributed by atoms with van der Waals surface area (Å²) in [4.78, 5) is 10.4. The Balaban J connectivity index is 2.14. The molecule has 0 unspecified atom stereocenters. The molecule has 2 rings (SSSR count). The van der Waals surface area contributed by atoms with Gasteiger partial charge in [-0.2, -0.15) is 0 Å². The lowest BCUT2D eigenvalue weighted by Gasteiger charge is -2.00. The summed E-state index contributed by atoms with van der Waals surface area (Å²) in [7, 11) is 0. The van der Waals surface area contributed by atoms with Crippen LogP contribution in [0.2, 0.25) is 0 Å². The molecule has 0 aliphatic carbocycles. The molecule has 0 spiro atoms. The second kappa shape index (κ2) is 3.96. The minimum atomic E-state index is 0.409. The fourth-order valence-electron chi connectivity index (χ4n) is 1.13. The molecule has 76 valence electrons. The highest BCUT2D eigenvalue weighted by Gasteiger charge is 2.02. The predicted molar refractivity (Wildman–Crippen MR) is 53.1 cm³/mol. The summed E-state index contributed by atoms with van der Waals surface area (Å²) in [6.07, 6.45) is 0.782. The molecule has 1 aromatic heterocycles. The van der Waals surface area contributed by atoms with E-state index in [1.807, 2.05) is 0 Å². The number of aldehydes is 1. The van der Waals surface area contributed by atoms with Gasteiger partial charge in [0.25, 0.3) is 5.88 Å². The molecular weight excluding hydrogens is 194 g/mol. The molecule has 0 aliphatic heterocycles. The molecule has 1 aromatic carbocycles. The van der Waals surface area contributed by atoms with Crippen molar-refractivity contribution in [3.8, 4) is 11.6 Å². The Labute approximate surface area is 86.5 Å². The summed E-state index contributed by atoms with van der Waals surface area (Å²) in [5, 5.41) is 3.69. The lowest BCUT2D eigenvalue weighted by atomic mass is 10.2. The summed E-state index contributed by atoms with van der Waals surface area (Å²) < 4.78 is 10.2. The van der Waals surface area contributed by atoms with Crippen molar-refractivity contribution in [2.45, 2.75) is 6.92 Å². The summed E-state index contributed by atoms with van der Waals surface area (Å²) in [5.74, 6) is 1.72. The van der Waals surface area contributed by atoms with Crippen LogP contribution in [0, 0.1) is 6.92 Å². The van der Waals surface area contributed by atoms with Crippen LogP contribution in [0.1, 0.15) is 16.1 Å². The van der Waals surface area contributed by atoms with Gasteiger partial charge in [-0.3, -0.25) is 4.79 Å². The van der Waals surface area contributed by atoms with Crippen molar-refractivity contribution in [3.63, 3.8) is 0 Å². The second-order valence-electron chi connectivity index (χ2n) is 3.06. The van der Waals surface area contributed by atoms with Crippen molar-refractivity contribution in [1.29, 1.82) is 0 Å². The molecule has 0 amide bonds. The molecule has 0 N–H and O–H groups in total. The van der Waals surface area contributed by atoms with E-state index in [9.17, 15) is 4.79 Å². The number of hydrogen-bond donors (Lipinski definition) is 0. The molecule has 4 heteroatoms. The minimum absolute atomic E-state index is 0.409. The largest absolute Gasteiger partial charge is 0.436 e. The molecule has 0 aliphatic rings. The Bertz CT molecular complexity index is 459. The quantitative estimate of drug-likeness (QED) is 0.719. The van der Waals surface area contributed by atoms with E-state index in [1.54, 1.807) is 37.3 Å². The highest BCUT2D eigenvalue weighted by atomic mass is 16.5. The molecule has 4 nitrogen and oxygen atoms in total. The van der Waals surface area contributed by atoms with Gasteiger partial charge in [0.05, 0.1) is 0 Å². The fraction of sp³-hybridized carbons (Fsp3) is 0.0909. The third kappa shape index (κ3) is 2.22. The zero-order valence-corrected chi connectivity index (χ0v) is 8.14. The highest BCUT2D eigenvalue weighted by molar-refractivity contribution is 5.74. The average Bonchev–Trinajstić information content (AvgIpc) is 2.65. The predicted octanol–water partition coefficient (Wildman–Crippen LogP) is 2.59. The maximum Gasteiger partial charge on any atom is 0.259 e. The van der Waals surface area contributed by atoms with E-state index in [-0.39, 0.29) is 0 Å². The van der Waals surface area contributed by atoms with Gasteiger partial charge in [0.2, 0.25) is 0 Å². The van der Waals surface area contributed by atoms with Crippen LogP contribution in [0.15, 0.2) is 34.9 Å². The number of carbonyl (C=O) groups is 1. The topological polar surface area (TPSA) is 52.3 Å². The van der Waals surface area contributed by atoms with Crippen molar-refractivity contribution in [2.24, 2.45) is 0 Å². The summed E-state index contributed by atoms with van der Waals surface area (Å²) in [5.41, 5.74) is 0.610. The molecule has 15 heavy (non-hydrogen) atoms. The molecule has 0 saturated heterocycles. The van der Waals surface area contributed by atoms with Gasteiger partial charge in [-0.25, -0.2) is 0 Å². The Kier molecular flexibility index (Phi) is 2.49. The van der Waals surface area contributed by atoms with Gasteiger partial charge in [0.1, 0.15) is 17.8 Å². The molecular formula is C11H9NO3. The average molecular weight is 203 g/mol. The van der Waals surface area contributed by atoms with Gasteiger partial charge in [-0.1, -0.05) is 0 Å². The van der Waals surface area contributed by atoms with Crippen LogP contribution in [0.4, 0.5) is 0 Å². The van der Waals surface area contributed by atoms with E-state index in [2.05, 4.69) is 5.16 Å². The van der Waals surface area contributed by atoms with E-state index in [1.165, 1.54) is 0 Å². The lowest BCUT2D eigenvalue weighted by molar-refractivity contribution is 0.112. The van der Waals surface area contributed by atoms with Crippen LogP contribution >= 0.6 is 0 Å². The first-order valence-corrected chi connectivity index (χ1v) is 4.44. The van der Waals surface area contributed by atoms with Gasteiger partial charge in [-0.05, 0) is 36.3 Å². The van der Waals surface area contributed by atoms with Crippen LogP contribution in [0.25, 0.3) is 0 Å². The van der Waals surface area contributed by atoms with E-state index < -0.39 is 0 Å². The Morgan fingerprint density at radius 1 is 1.33 bits per heavy atom. The number of ether oxygens (including phenoxy) is 1. The van der Waals surface area contributed by atoms with Crippen molar-refractivity contribution < 1.29 is 14.1 Å². The molecule has 2 aromatic rings. The Morgan fingerprint density at radius 3 is 2.60 bits per heavy atom. The molecule has 0 radical (unpaired) electrons. The van der Waals surface area contributed by atoms with Crippen LogP contribution in [-0.4, -0.2) is 11.4 Å². The van der Waals surface area contributed by atoms with Gasteiger partial charge in [0, 0.05) is 11.6 Å². The molecule has 0 bridgehead atoms. The first kappa shape index (κ1) is 9.45. The number of nitrogens with zero attached hydrogens (tertiary/aromatic N) is 1. The van der Waals surface area contributed by atoms with E-state index in [0.717, 1.165) is 6.29 Å². The van der Waals surface area contributed by atoms with E-state index in [4.69, 9.17) is 9.26 Å². The standard InChI is InChI=1S/C11H9NO3/c1-8-6-11(12-15-8)14-10-4-2-9(7-13)3-5-10/h2-7H,1H3. The molecule has 0 fully saturated rings. The number of rotatable bonds is 3. The smallest absolute Gasteiger partial charge is 0.259 e. The maximum atomic E-state index is 10.4. The van der Waals surface area contributed by atoms with E-state index in [0.29, 0.717) is 23.0 Å².